The molecule has 0 bridgehead atoms. The molecule has 0 saturated heterocycles. The third-order valence-corrected chi connectivity index (χ3v) is 2.14. The molecular formula is C7H15B3F3LiO9S. The second kappa shape index (κ2) is 17.3. The van der Waals surface area contributed by atoms with Crippen LogP contribution in [-0.4, -0.2) is 84.2 Å². The Kier molecular flexibility index (Phi) is 22.5. The van der Waals surface area contributed by atoms with Crippen LogP contribution in [0.4, 0.5) is 12.9 Å². The number of hydrogen-bond acceptors (Lipinski definition) is 8. The van der Waals surface area contributed by atoms with Crippen molar-refractivity contribution in [2.45, 2.75) is 11.8 Å². The van der Waals surface area contributed by atoms with Crippen molar-refractivity contribution in [3.05, 3.63) is 29.8 Å². The SMILES string of the molecule is Cc1cccc(S(=O)(=O)O)c1.OB(O)F.OB(O)F.OB(O)F.[LiH]. The maximum absolute atomic E-state index is 10.5. The average molecular weight is 372 g/mol. The third-order valence-electron chi connectivity index (χ3n) is 1.29. The van der Waals surface area contributed by atoms with Gasteiger partial charge in [-0.3, -0.25) is 17.5 Å². The molecule has 0 atom stereocenters. The molecule has 0 aliphatic heterocycles. The van der Waals surface area contributed by atoms with Gasteiger partial charge >= 0.3 is 41.0 Å². The van der Waals surface area contributed by atoms with Gasteiger partial charge in [-0.15, -0.1) is 0 Å². The Hall–Kier alpha value is -0.528. The van der Waals surface area contributed by atoms with Crippen molar-refractivity contribution in [2.24, 2.45) is 0 Å². The van der Waals surface area contributed by atoms with E-state index in [4.69, 9.17) is 34.7 Å². The Morgan fingerprint density at radius 3 is 1.33 bits per heavy atom. The molecule has 17 heteroatoms. The predicted molar refractivity (Wildman–Crippen MR) is 82.0 cm³/mol. The van der Waals surface area contributed by atoms with E-state index in [1.165, 1.54) is 12.1 Å². The summed E-state index contributed by atoms with van der Waals surface area (Å²) >= 11 is 0. The number of aryl methyl sites for hydroxylation is 1. The van der Waals surface area contributed by atoms with Gasteiger partial charge in [0.15, 0.2) is 0 Å². The zero-order valence-electron chi connectivity index (χ0n) is 11.5. The van der Waals surface area contributed by atoms with Gasteiger partial charge in [0.25, 0.3) is 10.1 Å². The predicted octanol–water partition coefficient (Wildman–Crippen LogP) is -2.63. The van der Waals surface area contributed by atoms with Gasteiger partial charge in [-0.25, -0.2) is 0 Å². The standard InChI is InChI=1S/C7H8O3S.3BFH2O2.Li.H/c1-6-3-2-4-7(5-6)11(8,9)10;3*2-1(3)4;;/h2-5H,1H3,(H,8,9,10);3*3-4H;;. The molecule has 0 heterocycles. The molecule has 1 rings (SSSR count). The van der Waals surface area contributed by atoms with Crippen LogP contribution in [0, 0.1) is 6.92 Å². The van der Waals surface area contributed by atoms with E-state index in [2.05, 4.69) is 0 Å². The summed E-state index contributed by atoms with van der Waals surface area (Å²) in [6.07, 6.45) is 0. The summed E-state index contributed by atoms with van der Waals surface area (Å²) in [4.78, 5) is -0.0579. The fourth-order valence-corrected chi connectivity index (χ4v) is 1.36. The molecule has 0 saturated carbocycles. The van der Waals surface area contributed by atoms with Crippen molar-refractivity contribution in [1.82, 2.24) is 0 Å². The van der Waals surface area contributed by atoms with Crippen LogP contribution in [0.2, 0.25) is 0 Å². The second-order valence-electron chi connectivity index (χ2n) is 3.22. The van der Waals surface area contributed by atoms with Crippen LogP contribution >= 0.6 is 0 Å². The second-order valence-corrected chi connectivity index (χ2v) is 4.65. The van der Waals surface area contributed by atoms with Gasteiger partial charge in [-0.1, -0.05) is 12.1 Å². The molecule has 0 aliphatic carbocycles. The van der Waals surface area contributed by atoms with Gasteiger partial charge in [0, 0.05) is 0 Å². The summed E-state index contributed by atoms with van der Waals surface area (Å²) in [6.45, 7) is 1.76. The Labute approximate surface area is 149 Å². The van der Waals surface area contributed by atoms with Crippen molar-refractivity contribution < 1.29 is 56.1 Å². The van der Waals surface area contributed by atoms with Crippen molar-refractivity contribution in [2.75, 3.05) is 0 Å². The first-order chi connectivity index (χ1) is 10.2. The fourth-order valence-electron chi connectivity index (χ4n) is 0.776. The Morgan fingerprint density at radius 1 is 0.875 bits per heavy atom. The van der Waals surface area contributed by atoms with Gasteiger partial charge in [0.2, 0.25) is 0 Å². The van der Waals surface area contributed by atoms with E-state index in [9.17, 15) is 21.4 Å². The van der Waals surface area contributed by atoms with Crippen LogP contribution in [0.3, 0.4) is 0 Å². The van der Waals surface area contributed by atoms with Crippen LogP contribution in [0.1, 0.15) is 5.56 Å². The first kappa shape index (κ1) is 31.3. The Morgan fingerprint density at radius 2 is 1.17 bits per heavy atom. The number of hydrogen-bond donors (Lipinski definition) is 7. The quantitative estimate of drug-likeness (QED) is 0.205. The van der Waals surface area contributed by atoms with E-state index in [0.717, 1.165) is 5.56 Å². The van der Waals surface area contributed by atoms with Gasteiger partial charge in [0.05, 0.1) is 4.90 Å². The molecule has 134 valence electrons. The summed E-state index contributed by atoms with van der Waals surface area (Å²) in [5, 5.41) is 41.7. The van der Waals surface area contributed by atoms with Gasteiger partial charge in [-0.05, 0) is 24.6 Å². The zero-order valence-corrected chi connectivity index (χ0v) is 12.3. The first-order valence-corrected chi connectivity index (χ1v) is 6.69. The monoisotopic (exact) mass is 372 g/mol. The summed E-state index contributed by atoms with van der Waals surface area (Å²) in [7, 11) is -12.0. The minimum atomic E-state index is -4.03. The van der Waals surface area contributed by atoms with Gasteiger partial charge in [0.1, 0.15) is 0 Å². The molecule has 0 unspecified atom stereocenters. The molecule has 0 fully saturated rings. The fraction of sp³-hybridized carbons (Fsp3) is 0.143. The number of benzene rings is 1. The molecule has 7 N–H and O–H groups in total. The van der Waals surface area contributed by atoms with Crippen LogP contribution < -0.4 is 0 Å². The molecule has 1 aromatic rings. The van der Waals surface area contributed by atoms with Crippen molar-refractivity contribution in [1.29, 1.82) is 0 Å². The molecule has 0 aliphatic rings. The normalized spacial score (nSPS) is 8.62. The number of halogens is 3. The average Bonchev–Trinajstić information content (AvgIpc) is 2.25. The Balaban J connectivity index is -0.000000130. The molecular weight excluding hydrogens is 357 g/mol. The van der Waals surface area contributed by atoms with Crippen LogP contribution in [-0.2, 0) is 10.1 Å². The molecule has 9 nitrogen and oxygen atoms in total. The summed E-state index contributed by atoms with van der Waals surface area (Å²) < 4.78 is 60.0. The van der Waals surface area contributed by atoms with Crippen LogP contribution in [0.25, 0.3) is 0 Å². The minimum absolute atomic E-state index is 0. The van der Waals surface area contributed by atoms with Crippen molar-refractivity contribution in [3.63, 3.8) is 0 Å². The molecule has 24 heavy (non-hydrogen) atoms. The van der Waals surface area contributed by atoms with Gasteiger partial charge < -0.3 is 30.1 Å². The van der Waals surface area contributed by atoms with E-state index >= 15 is 0 Å². The maximum atomic E-state index is 10.5. The molecule has 0 aromatic heterocycles. The van der Waals surface area contributed by atoms with E-state index < -0.39 is 32.3 Å². The van der Waals surface area contributed by atoms with E-state index in [1.807, 2.05) is 0 Å². The first-order valence-electron chi connectivity index (χ1n) is 5.25. The summed E-state index contributed by atoms with van der Waals surface area (Å²) in [5.41, 5.74) is 0.806. The van der Waals surface area contributed by atoms with Crippen LogP contribution in [0.15, 0.2) is 29.2 Å². The van der Waals surface area contributed by atoms with E-state index in [0.29, 0.717) is 0 Å². The molecule has 0 spiro atoms. The van der Waals surface area contributed by atoms with Crippen LogP contribution in [0.5, 0.6) is 0 Å². The van der Waals surface area contributed by atoms with E-state index in [-0.39, 0.29) is 23.8 Å². The number of rotatable bonds is 1. The van der Waals surface area contributed by atoms with Crippen molar-refractivity contribution >= 4 is 51.2 Å². The third kappa shape index (κ3) is 37.6. The van der Waals surface area contributed by atoms with Crippen molar-refractivity contribution in [3.8, 4) is 0 Å². The topological polar surface area (TPSA) is 176 Å². The summed E-state index contributed by atoms with van der Waals surface area (Å²) in [5.74, 6) is 0. The van der Waals surface area contributed by atoms with Gasteiger partial charge in [-0.2, -0.15) is 8.42 Å². The van der Waals surface area contributed by atoms with E-state index in [1.54, 1.807) is 19.1 Å². The zero-order chi connectivity index (χ0) is 19.2. The molecule has 1 aromatic carbocycles. The molecule has 0 radical (unpaired) electrons. The summed E-state index contributed by atoms with van der Waals surface area (Å²) in [6, 6.07) is 6.10. The Bertz CT molecular complexity index is 486. The molecule has 0 amide bonds.